The van der Waals surface area contributed by atoms with E-state index in [0.29, 0.717) is 24.3 Å². The van der Waals surface area contributed by atoms with Gasteiger partial charge in [-0.25, -0.2) is 8.42 Å². The van der Waals surface area contributed by atoms with Crippen LogP contribution in [-0.4, -0.2) is 47.8 Å². The van der Waals surface area contributed by atoms with Gasteiger partial charge < -0.3 is 9.15 Å². The molecule has 0 unspecified atom stereocenters. The van der Waals surface area contributed by atoms with Gasteiger partial charge in [0, 0.05) is 25.6 Å². The predicted molar refractivity (Wildman–Crippen MR) is 96.8 cm³/mol. The Bertz CT molecular complexity index is 977. The van der Waals surface area contributed by atoms with Crippen LogP contribution in [0, 0.1) is 12.8 Å². The predicted octanol–water partition coefficient (Wildman–Crippen LogP) is 1.72. The van der Waals surface area contributed by atoms with Crippen LogP contribution in [0.3, 0.4) is 0 Å². The Balaban J connectivity index is 1.58. The van der Waals surface area contributed by atoms with E-state index in [-0.39, 0.29) is 42.2 Å². The molecule has 0 N–H and O–H groups in total. The average molecular weight is 407 g/mol. The highest BCUT2D eigenvalue weighted by Gasteiger charge is 2.33. The molecule has 3 rings (SSSR count). The van der Waals surface area contributed by atoms with E-state index in [1.54, 1.807) is 19.1 Å². The number of hydrogen-bond acceptors (Lipinski definition) is 8. The summed E-state index contributed by atoms with van der Waals surface area (Å²) >= 11 is 0. The molecule has 0 amide bonds. The molecule has 1 aromatic carbocycles. The third kappa shape index (κ3) is 4.45. The summed E-state index contributed by atoms with van der Waals surface area (Å²) in [6.45, 7) is 3.33. The Labute approximate surface area is 162 Å². The van der Waals surface area contributed by atoms with E-state index in [1.807, 2.05) is 0 Å². The Morgan fingerprint density at radius 1 is 1.25 bits per heavy atom. The van der Waals surface area contributed by atoms with Gasteiger partial charge in [-0.15, -0.1) is 10.2 Å². The second kappa shape index (κ2) is 8.19. The van der Waals surface area contributed by atoms with Crippen LogP contribution in [0.5, 0.6) is 0 Å². The molecule has 1 aliphatic heterocycles. The quantitative estimate of drug-likeness (QED) is 0.524. The van der Waals surface area contributed by atoms with Crippen LogP contribution < -0.4 is 0 Å². The number of ether oxygens (including phenoxy) is 1. The van der Waals surface area contributed by atoms with Crippen molar-refractivity contribution in [1.82, 2.24) is 14.5 Å². The molecule has 0 bridgehead atoms. The van der Waals surface area contributed by atoms with Crippen LogP contribution >= 0.6 is 0 Å². The van der Waals surface area contributed by atoms with E-state index in [4.69, 9.17) is 9.15 Å². The third-order valence-corrected chi connectivity index (χ3v) is 6.47. The van der Waals surface area contributed by atoms with Crippen LogP contribution in [0.4, 0.5) is 0 Å². The molecule has 2 aromatic rings. The highest BCUT2D eigenvalue weighted by atomic mass is 32.2. The second-order valence-corrected chi connectivity index (χ2v) is 8.52. The van der Waals surface area contributed by atoms with Crippen molar-refractivity contribution >= 4 is 21.8 Å². The van der Waals surface area contributed by atoms with Gasteiger partial charge in [-0.3, -0.25) is 9.59 Å². The molecule has 0 aliphatic carbocycles. The summed E-state index contributed by atoms with van der Waals surface area (Å²) in [4.78, 5) is 23.8. The fourth-order valence-electron chi connectivity index (χ4n) is 3.00. The monoisotopic (exact) mass is 407 g/mol. The normalized spacial score (nSPS) is 16.1. The van der Waals surface area contributed by atoms with Crippen molar-refractivity contribution in [3.8, 4) is 0 Å². The van der Waals surface area contributed by atoms with Gasteiger partial charge in [-0.2, -0.15) is 4.31 Å². The molecule has 150 valence electrons. The van der Waals surface area contributed by atoms with Gasteiger partial charge >= 0.3 is 5.97 Å². The Kier molecular flexibility index (Phi) is 5.90. The minimum Gasteiger partial charge on any atom is -0.455 e. The lowest BCUT2D eigenvalue weighted by Gasteiger charge is -2.30. The molecular formula is C18H21N3O6S. The maximum absolute atomic E-state index is 12.8. The van der Waals surface area contributed by atoms with E-state index < -0.39 is 16.0 Å². The van der Waals surface area contributed by atoms with E-state index >= 15 is 0 Å². The summed E-state index contributed by atoms with van der Waals surface area (Å²) in [6.07, 6.45) is 0.709. The van der Waals surface area contributed by atoms with Crippen molar-refractivity contribution in [1.29, 1.82) is 0 Å². The van der Waals surface area contributed by atoms with Gasteiger partial charge in [0.15, 0.2) is 12.4 Å². The van der Waals surface area contributed by atoms with Crippen molar-refractivity contribution in [2.45, 2.75) is 38.2 Å². The molecule has 0 atom stereocenters. The third-order valence-electron chi connectivity index (χ3n) is 4.57. The molecule has 0 saturated carbocycles. The van der Waals surface area contributed by atoms with Crippen LogP contribution in [0.2, 0.25) is 0 Å². The minimum absolute atomic E-state index is 0.0768. The SMILES string of the molecule is CC(=O)c1cccc(S(=O)(=O)N2CCC(C(=O)OCc3nnc(C)o3)CC2)c1. The molecule has 0 radical (unpaired) electrons. The molecule has 1 saturated heterocycles. The molecule has 1 fully saturated rings. The zero-order chi connectivity index (χ0) is 20.3. The Morgan fingerprint density at radius 3 is 2.57 bits per heavy atom. The molecule has 1 aliphatic rings. The first-order chi connectivity index (χ1) is 13.3. The molecule has 28 heavy (non-hydrogen) atoms. The van der Waals surface area contributed by atoms with E-state index in [9.17, 15) is 18.0 Å². The summed E-state index contributed by atoms with van der Waals surface area (Å²) in [5.74, 6) is -0.393. The van der Waals surface area contributed by atoms with Crippen LogP contribution in [0.25, 0.3) is 0 Å². The summed E-state index contributed by atoms with van der Waals surface area (Å²) in [7, 11) is -3.72. The molecule has 9 nitrogen and oxygen atoms in total. The van der Waals surface area contributed by atoms with Crippen molar-refractivity contribution in [3.63, 3.8) is 0 Å². The summed E-state index contributed by atoms with van der Waals surface area (Å²) in [5, 5.41) is 7.41. The Hall–Kier alpha value is -2.59. The number of benzene rings is 1. The summed E-state index contributed by atoms with van der Waals surface area (Å²) < 4.78 is 37.3. The van der Waals surface area contributed by atoms with Crippen LogP contribution in [0.1, 0.15) is 41.9 Å². The average Bonchev–Trinajstić information content (AvgIpc) is 3.11. The van der Waals surface area contributed by atoms with Gasteiger partial charge in [0.05, 0.1) is 10.8 Å². The molecule has 1 aromatic heterocycles. The maximum atomic E-state index is 12.8. The fraction of sp³-hybridized carbons (Fsp3) is 0.444. The highest BCUT2D eigenvalue weighted by Crippen LogP contribution is 2.25. The van der Waals surface area contributed by atoms with Crippen LogP contribution in [0.15, 0.2) is 33.6 Å². The number of carbonyl (C=O) groups is 2. The van der Waals surface area contributed by atoms with Gasteiger partial charge in [0.25, 0.3) is 5.89 Å². The number of hydrogen-bond donors (Lipinski definition) is 0. The summed E-state index contributed by atoms with van der Waals surface area (Å²) in [6, 6.07) is 5.97. The number of aromatic nitrogens is 2. The number of sulfonamides is 1. The van der Waals surface area contributed by atoms with Gasteiger partial charge in [-0.05, 0) is 31.9 Å². The lowest BCUT2D eigenvalue weighted by atomic mass is 9.98. The number of nitrogens with zero attached hydrogens (tertiary/aromatic N) is 3. The number of esters is 1. The van der Waals surface area contributed by atoms with Crippen LogP contribution in [-0.2, 0) is 26.2 Å². The zero-order valence-electron chi connectivity index (χ0n) is 15.6. The molecule has 10 heteroatoms. The number of carbonyl (C=O) groups excluding carboxylic acids is 2. The van der Waals surface area contributed by atoms with E-state index in [0.717, 1.165) is 0 Å². The molecular weight excluding hydrogens is 386 g/mol. The van der Waals surface area contributed by atoms with E-state index in [1.165, 1.54) is 23.4 Å². The Morgan fingerprint density at radius 2 is 1.96 bits per heavy atom. The lowest BCUT2D eigenvalue weighted by molar-refractivity contribution is -0.151. The van der Waals surface area contributed by atoms with Gasteiger partial charge in [-0.1, -0.05) is 12.1 Å². The number of ketones is 1. The van der Waals surface area contributed by atoms with E-state index in [2.05, 4.69) is 10.2 Å². The second-order valence-electron chi connectivity index (χ2n) is 6.58. The molecule has 2 heterocycles. The van der Waals surface area contributed by atoms with Crippen molar-refractivity contribution in [2.24, 2.45) is 5.92 Å². The fourth-order valence-corrected chi connectivity index (χ4v) is 4.52. The van der Waals surface area contributed by atoms with Gasteiger partial charge in [0.1, 0.15) is 0 Å². The number of aryl methyl sites for hydroxylation is 1. The first kappa shape index (κ1) is 20.2. The topological polar surface area (TPSA) is 120 Å². The number of piperidine rings is 1. The number of rotatable bonds is 6. The maximum Gasteiger partial charge on any atom is 0.309 e. The standard InChI is InChI=1S/C18H21N3O6S/c1-12(22)15-4-3-5-16(10-15)28(24,25)21-8-6-14(7-9-21)18(23)26-11-17-20-19-13(2)27-17/h3-5,10,14H,6-9,11H2,1-2H3. The highest BCUT2D eigenvalue weighted by molar-refractivity contribution is 7.89. The lowest BCUT2D eigenvalue weighted by Crippen LogP contribution is -2.40. The number of Topliss-reactive ketones (excluding diaryl/α,β-unsaturated/α-hetero) is 1. The smallest absolute Gasteiger partial charge is 0.309 e. The largest absolute Gasteiger partial charge is 0.455 e. The van der Waals surface area contributed by atoms with Gasteiger partial charge in [0.2, 0.25) is 15.9 Å². The first-order valence-corrected chi connectivity index (χ1v) is 10.3. The first-order valence-electron chi connectivity index (χ1n) is 8.84. The summed E-state index contributed by atoms with van der Waals surface area (Å²) in [5.41, 5.74) is 0.343. The minimum atomic E-state index is -3.72. The van der Waals surface area contributed by atoms with Crippen molar-refractivity contribution < 1.29 is 27.2 Å². The van der Waals surface area contributed by atoms with Crippen molar-refractivity contribution in [2.75, 3.05) is 13.1 Å². The zero-order valence-corrected chi connectivity index (χ0v) is 16.4. The molecule has 0 spiro atoms. The van der Waals surface area contributed by atoms with Crippen molar-refractivity contribution in [3.05, 3.63) is 41.6 Å².